The van der Waals surface area contributed by atoms with Gasteiger partial charge >= 0.3 is 0 Å². The predicted molar refractivity (Wildman–Crippen MR) is 119 cm³/mol. The van der Waals surface area contributed by atoms with Gasteiger partial charge in [0.15, 0.2) is 11.5 Å². The van der Waals surface area contributed by atoms with E-state index < -0.39 is 0 Å². The van der Waals surface area contributed by atoms with Gasteiger partial charge in [0.25, 0.3) is 5.91 Å². The molecule has 1 aromatic carbocycles. The third-order valence-electron chi connectivity index (χ3n) is 6.56. The van der Waals surface area contributed by atoms with Crippen molar-refractivity contribution in [2.75, 3.05) is 13.2 Å². The number of carbonyl (C=O) groups is 1. The van der Waals surface area contributed by atoms with Crippen molar-refractivity contribution in [3.63, 3.8) is 0 Å². The van der Waals surface area contributed by atoms with Gasteiger partial charge in [0.1, 0.15) is 13.2 Å². The number of hydrogen-bond acceptors (Lipinski definition) is 3. The standard InChI is InChI=1S/C25H34N2O3/c1-3-9-20-24(18-12-13-21-22(16-18)30-15-14-29-21)23(25(26)28)17(2)27(20)19-10-7-5-4-6-8-11-19/h12-13,16,19H,3-11,14-15H2,1-2H3,(H2,26,28). The second-order valence-electron chi connectivity index (χ2n) is 8.62. The van der Waals surface area contributed by atoms with Crippen LogP contribution in [0, 0.1) is 6.92 Å². The summed E-state index contributed by atoms with van der Waals surface area (Å²) in [5.74, 6) is 1.16. The lowest BCUT2D eigenvalue weighted by molar-refractivity contribution is 0.1000. The number of nitrogens with two attached hydrogens (primary N) is 1. The van der Waals surface area contributed by atoms with E-state index >= 15 is 0 Å². The normalized spacial score (nSPS) is 17.4. The average Bonchev–Trinajstić information content (AvgIpc) is 3.00. The summed E-state index contributed by atoms with van der Waals surface area (Å²) < 4.78 is 14.0. The molecule has 2 aliphatic rings. The Morgan fingerprint density at radius 2 is 1.73 bits per heavy atom. The minimum absolute atomic E-state index is 0.348. The number of rotatable bonds is 5. The monoisotopic (exact) mass is 410 g/mol. The van der Waals surface area contributed by atoms with E-state index in [4.69, 9.17) is 15.2 Å². The van der Waals surface area contributed by atoms with E-state index in [0.29, 0.717) is 24.8 Å². The quantitative estimate of drug-likeness (QED) is 0.700. The maximum Gasteiger partial charge on any atom is 0.251 e. The molecule has 2 heterocycles. The number of nitrogens with zero attached hydrogens (tertiary/aromatic N) is 1. The Balaban J connectivity index is 1.87. The lowest BCUT2D eigenvalue weighted by Crippen LogP contribution is -2.17. The van der Waals surface area contributed by atoms with Gasteiger partial charge in [-0.15, -0.1) is 0 Å². The van der Waals surface area contributed by atoms with Gasteiger partial charge in [-0.2, -0.15) is 0 Å². The van der Waals surface area contributed by atoms with Crippen LogP contribution in [0.25, 0.3) is 11.1 Å². The molecule has 1 amide bonds. The van der Waals surface area contributed by atoms with Gasteiger partial charge in [-0.3, -0.25) is 4.79 Å². The molecule has 1 saturated carbocycles. The molecule has 1 fully saturated rings. The van der Waals surface area contributed by atoms with Crippen molar-refractivity contribution in [2.24, 2.45) is 5.73 Å². The first-order valence-corrected chi connectivity index (χ1v) is 11.5. The SMILES string of the molecule is CCCc1c(-c2ccc3c(c2)OCCO3)c(C(N)=O)c(C)n1C1CCCCCCC1. The molecule has 30 heavy (non-hydrogen) atoms. The van der Waals surface area contributed by atoms with E-state index in [-0.39, 0.29) is 5.91 Å². The molecular formula is C25H34N2O3. The van der Waals surface area contributed by atoms with Crippen LogP contribution in [0.1, 0.15) is 86.1 Å². The minimum Gasteiger partial charge on any atom is -0.486 e. The Labute approximate surface area is 179 Å². The van der Waals surface area contributed by atoms with Crippen LogP contribution in [0.5, 0.6) is 11.5 Å². The van der Waals surface area contributed by atoms with E-state index in [1.807, 2.05) is 18.2 Å². The molecule has 0 unspecified atom stereocenters. The third-order valence-corrected chi connectivity index (χ3v) is 6.56. The van der Waals surface area contributed by atoms with Crippen molar-refractivity contribution in [1.82, 2.24) is 4.57 Å². The van der Waals surface area contributed by atoms with Gasteiger partial charge in [-0.1, -0.05) is 51.5 Å². The largest absolute Gasteiger partial charge is 0.486 e. The Bertz CT molecular complexity index is 908. The van der Waals surface area contributed by atoms with Crippen LogP contribution in [0.15, 0.2) is 18.2 Å². The Hall–Kier alpha value is -2.43. The lowest BCUT2D eigenvalue weighted by Gasteiger charge is -2.26. The fraction of sp³-hybridized carbons (Fsp3) is 0.560. The number of amides is 1. The van der Waals surface area contributed by atoms with Crippen LogP contribution >= 0.6 is 0 Å². The molecular weight excluding hydrogens is 376 g/mol. The van der Waals surface area contributed by atoms with Gasteiger partial charge in [-0.05, 0) is 43.9 Å². The Morgan fingerprint density at radius 1 is 1.07 bits per heavy atom. The summed E-state index contributed by atoms with van der Waals surface area (Å²) in [7, 11) is 0. The van der Waals surface area contributed by atoms with Crippen molar-refractivity contribution in [3.8, 4) is 22.6 Å². The number of aromatic nitrogens is 1. The molecule has 1 aliphatic carbocycles. The van der Waals surface area contributed by atoms with E-state index in [9.17, 15) is 4.79 Å². The Kier molecular flexibility index (Phi) is 6.35. The second-order valence-corrected chi connectivity index (χ2v) is 8.62. The molecule has 2 aromatic rings. The highest BCUT2D eigenvalue weighted by molar-refractivity contribution is 6.02. The molecule has 2 N–H and O–H groups in total. The molecule has 0 radical (unpaired) electrons. The number of primary amides is 1. The minimum atomic E-state index is -0.348. The topological polar surface area (TPSA) is 66.5 Å². The lowest BCUT2D eigenvalue weighted by atomic mass is 9.95. The highest BCUT2D eigenvalue weighted by Crippen LogP contribution is 2.42. The third kappa shape index (κ3) is 3.94. The summed E-state index contributed by atoms with van der Waals surface area (Å²) in [5.41, 5.74) is 10.8. The van der Waals surface area contributed by atoms with Crippen LogP contribution in [-0.4, -0.2) is 23.7 Å². The number of carbonyl (C=O) groups excluding carboxylic acids is 1. The molecule has 162 valence electrons. The molecule has 5 nitrogen and oxygen atoms in total. The molecule has 1 aliphatic heterocycles. The molecule has 4 rings (SSSR count). The van der Waals surface area contributed by atoms with E-state index in [1.165, 1.54) is 50.6 Å². The van der Waals surface area contributed by atoms with Crippen LogP contribution in [0.2, 0.25) is 0 Å². The first kappa shape index (κ1) is 20.8. The van der Waals surface area contributed by atoms with Crippen molar-refractivity contribution in [1.29, 1.82) is 0 Å². The number of hydrogen-bond donors (Lipinski definition) is 1. The van der Waals surface area contributed by atoms with Gasteiger partial charge in [0, 0.05) is 23.0 Å². The van der Waals surface area contributed by atoms with Crippen molar-refractivity contribution < 1.29 is 14.3 Å². The fourth-order valence-corrected chi connectivity index (χ4v) is 5.25. The van der Waals surface area contributed by atoms with Crippen LogP contribution in [0.3, 0.4) is 0 Å². The average molecular weight is 411 g/mol. The van der Waals surface area contributed by atoms with Crippen LogP contribution in [0.4, 0.5) is 0 Å². The maximum atomic E-state index is 12.6. The zero-order valence-electron chi connectivity index (χ0n) is 18.3. The first-order valence-electron chi connectivity index (χ1n) is 11.5. The molecule has 5 heteroatoms. The fourth-order valence-electron chi connectivity index (χ4n) is 5.25. The summed E-state index contributed by atoms with van der Waals surface area (Å²) in [4.78, 5) is 12.6. The summed E-state index contributed by atoms with van der Waals surface area (Å²) in [6.45, 7) is 5.38. The van der Waals surface area contributed by atoms with Gasteiger partial charge < -0.3 is 19.8 Å². The highest BCUT2D eigenvalue weighted by atomic mass is 16.6. The van der Waals surface area contributed by atoms with Crippen LogP contribution < -0.4 is 15.2 Å². The number of benzene rings is 1. The number of ether oxygens (including phenoxy) is 2. The van der Waals surface area contributed by atoms with Crippen molar-refractivity contribution in [3.05, 3.63) is 35.2 Å². The van der Waals surface area contributed by atoms with Crippen LogP contribution in [-0.2, 0) is 6.42 Å². The van der Waals surface area contributed by atoms with E-state index in [1.54, 1.807) is 0 Å². The number of fused-ring (bicyclic) bond motifs is 1. The molecule has 0 bridgehead atoms. The maximum absolute atomic E-state index is 12.6. The molecule has 0 saturated heterocycles. The summed E-state index contributed by atoms with van der Waals surface area (Å²) in [6.07, 6.45) is 10.7. The molecule has 1 aromatic heterocycles. The van der Waals surface area contributed by atoms with Gasteiger partial charge in [0.2, 0.25) is 0 Å². The summed E-state index contributed by atoms with van der Waals surface area (Å²) in [6, 6.07) is 6.44. The summed E-state index contributed by atoms with van der Waals surface area (Å²) in [5, 5.41) is 0. The molecule has 0 atom stereocenters. The van der Waals surface area contributed by atoms with E-state index in [2.05, 4.69) is 18.4 Å². The first-order chi connectivity index (χ1) is 14.6. The van der Waals surface area contributed by atoms with Crippen molar-refractivity contribution in [2.45, 2.75) is 77.7 Å². The zero-order valence-corrected chi connectivity index (χ0v) is 18.3. The van der Waals surface area contributed by atoms with E-state index in [0.717, 1.165) is 41.2 Å². The van der Waals surface area contributed by atoms with Gasteiger partial charge in [0.05, 0.1) is 5.56 Å². The second kappa shape index (κ2) is 9.15. The van der Waals surface area contributed by atoms with Gasteiger partial charge in [-0.25, -0.2) is 0 Å². The summed E-state index contributed by atoms with van der Waals surface area (Å²) >= 11 is 0. The molecule has 0 spiro atoms. The Morgan fingerprint density at radius 3 is 2.40 bits per heavy atom. The highest BCUT2D eigenvalue weighted by Gasteiger charge is 2.28. The van der Waals surface area contributed by atoms with Crippen molar-refractivity contribution >= 4 is 5.91 Å². The smallest absolute Gasteiger partial charge is 0.251 e. The zero-order chi connectivity index (χ0) is 21.1. The predicted octanol–water partition coefficient (Wildman–Crippen LogP) is 5.57.